The third kappa shape index (κ3) is 6.04. The van der Waals surface area contributed by atoms with Crippen molar-refractivity contribution in [2.75, 3.05) is 39.1 Å². The minimum Gasteiger partial charge on any atom is -0.497 e. The van der Waals surface area contributed by atoms with Gasteiger partial charge in [0.2, 0.25) is 15.9 Å². The standard InChI is InChI=1S/C22H31N3O4S/c1-6-25(7-2)30(27,28)20-13-8-17(3)21(14-20)23-22(26)16-24(4)15-18-9-11-19(29-5)12-10-18/h8-14H,6-7,15-16H2,1-5H3,(H,23,26). The van der Waals surface area contributed by atoms with Gasteiger partial charge < -0.3 is 10.1 Å². The van der Waals surface area contributed by atoms with Gasteiger partial charge in [-0.2, -0.15) is 4.31 Å². The van der Waals surface area contributed by atoms with Crippen LogP contribution in [0.1, 0.15) is 25.0 Å². The number of nitrogens with zero attached hydrogens (tertiary/aromatic N) is 2. The summed E-state index contributed by atoms with van der Waals surface area (Å²) >= 11 is 0. The summed E-state index contributed by atoms with van der Waals surface area (Å²) in [5.74, 6) is 0.584. The number of methoxy groups -OCH3 is 1. The zero-order chi connectivity index (χ0) is 22.3. The number of hydrogen-bond acceptors (Lipinski definition) is 5. The topological polar surface area (TPSA) is 79.0 Å². The highest BCUT2D eigenvalue weighted by atomic mass is 32.2. The van der Waals surface area contributed by atoms with E-state index in [1.54, 1.807) is 33.1 Å². The average molecular weight is 434 g/mol. The molecule has 0 aliphatic carbocycles. The van der Waals surface area contributed by atoms with Crippen LogP contribution in [0.25, 0.3) is 0 Å². The molecule has 164 valence electrons. The number of carbonyl (C=O) groups is 1. The Morgan fingerprint density at radius 1 is 1.07 bits per heavy atom. The molecule has 0 saturated carbocycles. The van der Waals surface area contributed by atoms with Crippen molar-refractivity contribution in [1.29, 1.82) is 0 Å². The molecule has 0 unspecified atom stereocenters. The predicted octanol–water partition coefficient (Wildman–Crippen LogP) is 3.10. The second-order valence-electron chi connectivity index (χ2n) is 7.13. The van der Waals surface area contributed by atoms with E-state index >= 15 is 0 Å². The van der Waals surface area contributed by atoms with Crippen LogP contribution in [0.15, 0.2) is 47.4 Å². The minimum atomic E-state index is -3.58. The van der Waals surface area contributed by atoms with Crippen LogP contribution in [-0.4, -0.2) is 57.3 Å². The summed E-state index contributed by atoms with van der Waals surface area (Å²) in [6.07, 6.45) is 0. The van der Waals surface area contributed by atoms with Crippen LogP contribution in [0.4, 0.5) is 5.69 Å². The number of amides is 1. The van der Waals surface area contributed by atoms with Crippen molar-refractivity contribution in [3.63, 3.8) is 0 Å². The van der Waals surface area contributed by atoms with Crippen LogP contribution in [0.3, 0.4) is 0 Å². The number of rotatable bonds is 10. The van der Waals surface area contributed by atoms with Crippen molar-refractivity contribution in [2.24, 2.45) is 0 Å². The Hall–Kier alpha value is -2.42. The van der Waals surface area contributed by atoms with E-state index in [4.69, 9.17) is 4.74 Å². The van der Waals surface area contributed by atoms with Crippen LogP contribution < -0.4 is 10.1 Å². The molecule has 7 nitrogen and oxygen atoms in total. The number of likely N-dealkylation sites (N-methyl/N-ethyl adjacent to an activating group) is 1. The lowest BCUT2D eigenvalue weighted by Crippen LogP contribution is -2.31. The first-order valence-electron chi connectivity index (χ1n) is 9.93. The van der Waals surface area contributed by atoms with Gasteiger partial charge in [0.1, 0.15) is 5.75 Å². The summed E-state index contributed by atoms with van der Waals surface area (Å²) in [5, 5.41) is 2.85. The minimum absolute atomic E-state index is 0.179. The number of aryl methyl sites for hydroxylation is 1. The van der Waals surface area contributed by atoms with Gasteiger partial charge in [-0.15, -0.1) is 0 Å². The Labute approximate surface area is 179 Å². The SMILES string of the molecule is CCN(CC)S(=O)(=O)c1ccc(C)c(NC(=O)CN(C)Cc2ccc(OC)cc2)c1. The van der Waals surface area contributed by atoms with E-state index < -0.39 is 10.0 Å². The van der Waals surface area contributed by atoms with Gasteiger partial charge in [0.05, 0.1) is 18.6 Å². The molecule has 0 fully saturated rings. The number of nitrogens with one attached hydrogen (secondary N) is 1. The van der Waals surface area contributed by atoms with Crippen molar-refractivity contribution in [2.45, 2.75) is 32.2 Å². The van der Waals surface area contributed by atoms with Crippen molar-refractivity contribution in [1.82, 2.24) is 9.21 Å². The molecule has 2 rings (SSSR count). The maximum Gasteiger partial charge on any atom is 0.243 e. The summed E-state index contributed by atoms with van der Waals surface area (Å²) in [5.41, 5.74) is 2.38. The first kappa shape index (κ1) is 23.9. The molecule has 8 heteroatoms. The smallest absolute Gasteiger partial charge is 0.243 e. The molecule has 0 aliphatic heterocycles. The third-order valence-corrected chi connectivity index (χ3v) is 6.90. The Balaban J connectivity index is 2.06. The largest absolute Gasteiger partial charge is 0.497 e. The Morgan fingerprint density at radius 2 is 1.70 bits per heavy atom. The number of carbonyl (C=O) groups excluding carboxylic acids is 1. The summed E-state index contributed by atoms with van der Waals surface area (Å²) < 4.78 is 32.1. The van der Waals surface area contributed by atoms with Gasteiger partial charge in [0, 0.05) is 25.3 Å². The van der Waals surface area contributed by atoms with Crippen LogP contribution in [0.5, 0.6) is 5.75 Å². The zero-order valence-electron chi connectivity index (χ0n) is 18.3. The molecule has 0 saturated heterocycles. The highest BCUT2D eigenvalue weighted by molar-refractivity contribution is 7.89. The van der Waals surface area contributed by atoms with Gasteiger partial charge in [0.15, 0.2) is 0 Å². The zero-order valence-corrected chi connectivity index (χ0v) is 19.1. The van der Waals surface area contributed by atoms with Gasteiger partial charge in [-0.25, -0.2) is 8.42 Å². The van der Waals surface area contributed by atoms with E-state index in [0.29, 0.717) is 25.3 Å². The first-order valence-corrected chi connectivity index (χ1v) is 11.4. The lowest BCUT2D eigenvalue weighted by atomic mass is 10.2. The average Bonchev–Trinajstić information content (AvgIpc) is 2.70. The molecule has 30 heavy (non-hydrogen) atoms. The Bertz CT molecular complexity index is 955. The monoisotopic (exact) mass is 433 g/mol. The van der Waals surface area contributed by atoms with Gasteiger partial charge in [-0.1, -0.05) is 32.0 Å². The fourth-order valence-corrected chi connectivity index (χ4v) is 4.63. The molecule has 1 N–H and O–H groups in total. The number of sulfonamides is 1. The van der Waals surface area contributed by atoms with E-state index in [9.17, 15) is 13.2 Å². The fourth-order valence-electron chi connectivity index (χ4n) is 3.14. The molecule has 0 aromatic heterocycles. The second-order valence-corrected chi connectivity index (χ2v) is 9.07. The number of anilines is 1. The second kappa shape index (κ2) is 10.6. The molecule has 0 radical (unpaired) electrons. The van der Waals surface area contributed by atoms with Crippen LogP contribution >= 0.6 is 0 Å². The van der Waals surface area contributed by atoms with Gasteiger partial charge in [-0.3, -0.25) is 9.69 Å². The van der Waals surface area contributed by atoms with E-state index in [1.807, 2.05) is 43.1 Å². The predicted molar refractivity (Wildman–Crippen MR) is 119 cm³/mol. The van der Waals surface area contributed by atoms with Crippen LogP contribution in [0, 0.1) is 6.92 Å². The van der Waals surface area contributed by atoms with Gasteiger partial charge in [-0.05, 0) is 49.4 Å². The highest BCUT2D eigenvalue weighted by Crippen LogP contribution is 2.23. The number of benzene rings is 2. The summed E-state index contributed by atoms with van der Waals surface area (Å²) in [7, 11) is -0.105. The first-order chi connectivity index (χ1) is 14.2. The summed E-state index contributed by atoms with van der Waals surface area (Å²) in [6.45, 7) is 7.01. The van der Waals surface area contributed by atoms with E-state index in [0.717, 1.165) is 16.9 Å². The quantitative estimate of drug-likeness (QED) is 0.623. The van der Waals surface area contributed by atoms with Crippen LogP contribution in [0.2, 0.25) is 0 Å². The van der Waals surface area contributed by atoms with E-state index in [1.165, 1.54) is 10.4 Å². The normalized spacial score (nSPS) is 11.7. The van der Waals surface area contributed by atoms with Gasteiger partial charge in [0.25, 0.3) is 0 Å². The van der Waals surface area contributed by atoms with Crippen molar-refractivity contribution in [3.8, 4) is 5.75 Å². The maximum absolute atomic E-state index is 12.8. The lowest BCUT2D eigenvalue weighted by molar-refractivity contribution is -0.117. The molecule has 0 aliphatic rings. The van der Waals surface area contributed by atoms with E-state index in [-0.39, 0.29) is 17.3 Å². The molecule has 0 bridgehead atoms. The lowest BCUT2D eigenvalue weighted by Gasteiger charge is -2.20. The Morgan fingerprint density at radius 3 is 2.27 bits per heavy atom. The van der Waals surface area contributed by atoms with Crippen molar-refractivity contribution >= 4 is 21.6 Å². The molecule has 0 heterocycles. The highest BCUT2D eigenvalue weighted by Gasteiger charge is 2.22. The number of hydrogen-bond donors (Lipinski definition) is 1. The molecule has 2 aromatic carbocycles. The van der Waals surface area contributed by atoms with Crippen LogP contribution in [-0.2, 0) is 21.4 Å². The molecule has 0 spiro atoms. The molecular weight excluding hydrogens is 402 g/mol. The molecule has 0 atom stereocenters. The molecular formula is C22H31N3O4S. The summed E-state index contributed by atoms with van der Waals surface area (Å²) in [4.78, 5) is 14.6. The number of ether oxygens (including phenoxy) is 1. The molecule has 1 amide bonds. The van der Waals surface area contributed by atoms with E-state index in [2.05, 4.69) is 5.32 Å². The van der Waals surface area contributed by atoms with Gasteiger partial charge >= 0.3 is 0 Å². The fraction of sp³-hybridized carbons (Fsp3) is 0.409. The van der Waals surface area contributed by atoms with Crippen molar-refractivity contribution in [3.05, 3.63) is 53.6 Å². The molecule has 2 aromatic rings. The third-order valence-electron chi connectivity index (χ3n) is 4.85. The Kier molecular flexibility index (Phi) is 8.40. The maximum atomic E-state index is 12.8. The van der Waals surface area contributed by atoms with Crippen molar-refractivity contribution < 1.29 is 17.9 Å². The summed E-state index contributed by atoms with van der Waals surface area (Å²) in [6, 6.07) is 12.5.